The van der Waals surface area contributed by atoms with E-state index in [4.69, 9.17) is 17.3 Å². The summed E-state index contributed by atoms with van der Waals surface area (Å²) in [5, 5.41) is 4.42. The van der Waals surface area contributed by atoms with Crippen LogP contribution < -0.4 is 5.73 Å². The van der Waals surface area contributed by atoms with Crippen LogP contribution in [0.4, 0.5) is 0 Å². The lowest BCUT2D eigenvalue weighted by Crippen LogP contribution is -2.32. The molecule has 1 aromatic heterocycles. The maximum absolute atomic E-state index is 12.2. The first-order valence-corrected chi connectivity index (χ1v) is 5.94. The fourth-order valence-corrected chi connectivity index (χ4v) is 2.61. The summed E-state index contributed by atoms with van der Waals surface area (Å²) in [7, 11) is 1.74. The molecule has 1 fully saturated rings. The van der Waals surface area contributed by atoms with Gasteiger partial charge in [-0.05, 0) is 19.3 Å². The number of aromatic nitrogens is 2. The molecule has 2 unspecified atom stereocenters. The average molecular weight is 242 g/mol. The SMILES string of the molecule is Cn1ncc(Cl)c1C(=O)C1CCCC(N)C1. The van der Waals surface area contributed by atoms with Gasteiger partial charge in [-0.1, -0.05) is 18.0 Å². The summed E-state index contributed by atoms with van der Waals surface area (Å²) in [6.45, 7) is 0. The molecular formula is C11H16ClN3O. The molecule has 2 N–H and O–H groups in total. The Hall–Kier alpha value is -0.870. The minimum atomic E-state index is 0.0108. The first-order valence-electron chi connectivity index (χ1n) is 5.57. The van der Waals surface area contributed by atoms with Gasteiger partial charge >= 0.3 is 0 Å². The van der Waals surface area contributed by atoms with Gasteiger partial charge < -0.3 is 5.73 Å². The highest BCUT2D eigenvalue weighted by molar-refractivity contribution is 6.33. The maximum atomic E-state index is 12.2. The van der Waals surface area contributed by atoms with E-state index in [2.05, 4.69) is 5.10 Å². The fourth-order valence-electron chi connectivity index (χ4n) is 2.35. The number of Topliss-reactive ketones (excluding diaryl/α,β-unsaturated/α-hetero) is 1. The molecule has 0 radical (unpaired) electrons. The largest absolute Gasteiger partial charge is 0.328 e. The van der Waals surface area contributed by atoms with Crippen molar-refractivity contribution in [1.29, 1.82) is 0 Å². The highest BCUT2D eigenvalue weighted by Crippen LogP contribution is 2.28. The van der Waals surface area contributed by atoms with Gasteiger partial charge in [0.15, 0.2) is 5.78 Å². The summed E-state index contributed by atoms with van der Waals surface area (Å²) in [5.41, 5.74) is 6.40. The molecule has 1 aromatic rings. The number of carbonyl (C=O) groups is 1. The van der Waals surface area contributed by atoms with Gasteiger partial charge in [-0.25, -0.2) is 0 Å². The van der Waals surface area contributed by atoms with Crippen molar-refractivity contribution in [1.82, 2.24) is 9.78 Å². The number of carbonyl (C=O) groups excluding carboxylic acids is 1. The normalized spacial score (nSPS) is 25.7. The molecule has 0 amide bonds. The van der Waals surface area contributed by atoms with E-state index in [-0.39, 0.29) is 17.7 Å². The zero-order valence-electron chi connectivity index (χ0n) is 9.32. The third-order valence-corrected chi connectivity index (χ3v) is 3.49. The molecule has 0 aliphatic heterocycles. The second-order valence-corrected chi connectivity index (χ2v) is 4.86. The van der Waals surface area contributed by atoms with Gasteiger partial charge in [0.2, 0.25) is 0 Å². The molecule has 0 bridgehead atoms. The number of ketones is 1. The predicted octanol–water partition coefficient (Wildman–Crippen LogP) is 1.77. The van der Waals surface area contributed by atoms with E-state index >= 15 is 0 Å². The van der Waals surface area contributed by atoms with Gasteiger partial charge in [-0.3, -0.25) is 9.48 Å². The number of aryl methyl sites for hydroxylation is 1. The minimum Gasteiger partial charge on any atom is -0.328 e. The van der Waals surface area contributed by atoms with Gasteiger partial charge in [0.05, 0.1) is 11.2 Å². The van der Waals surface area contributed by atoms with Crippen LogP contribution >= 0.6 is 11.6 Å². The van der Waals surface area contributed by atoms with Gasteiger partial charge in [0, 0.05) is 19.0 Å². The van der Waals surface area contributed by atoms with E-state index in [0.29, 0.717) is 10.7 Å². The monoisotopic (exact) mass is 241 g/mol. The third-order valence-electron chi connectivity index (χ3n) is 3.21. The van der Waals surface area contributed by atoms with Crippen LogP contribution in [0.3, 0.4) is 0 Å². The van der Waals surface area contributed by atoms with Crippen LogP contribution in [0, 0.1) is 5.92 Å². The average Bonchev–Trinajstić information content (AvgIpc) is 2.58. The third kappa shape index (κ3) is 2.13. The Morgan fingerprint density at radius 2 is 2.38 bits per heavy atom. The number of nitrogens with two attached hydrogens (primary N) is 1. The molecular weight excluding hydrogens is 226 g/mol. The maximum Gasteiger partial charge on any atom is 0.185 e. The van der Waals surface area contributed by atoms with Crippen LogP contribution in [-0.2, 0) is 7.05 Å². The van der Waals surface area contributed by atoms with Gasteiger partial charge in [0.25, 0.3) is 0 Å². The molecule has 1 aliphatic rings. The number of hydrogen-bond acceptors (Lipinski definition) is 3. The summed E-state index contributed by atoms with van der Waals surface area (Å²) >= 11 is 5.96. The summed E-state index contributed by atoms with van der Waals surface area (Å²) in [4.78, 5) is 12.2. The number of halogens is 1. The molecule has 0 aromatic carbocycles. The molecule has 1 saturated carbocycles. The van der Waals surface area contributed by atoms with E-state index in [0.717, 1.165) is 25.7 Å². The predicted molar refractivity (Wildman–Crippen MR) is 62.5 cm³/mol. The molecule has 5 heteroatoms. The van der Waals surface area contributed by atoms with Crippen molar-refractivity contribution in [3.8, 4) is 0 Å². The molecule has 1 heterocycles. The molecule has 0 saturated heterocycles. The molecule has 2 rings (SSSR count). The van der Waals surface area contributed by atoms with Crippen LogP contribution in [0.25, 0.3) is 0 Å². The van der Waals surface area contributed by atoms with E-state index in [9.17, 15) is 4.79 Å². The van der Waals surface area contributed by atoms with Crippen molar-refractivity contribution in [3.05, 3.63) is 16.9 Å². The first-order chi connectivity index (χ1) is 7.59. The molecule has 1 aliphatic carbocycles. The summed E-state index contributed by atoms with van der Waals surface area (Å²) in [5.74, 6) is 0.0943. The van der Waals surface area contributed by atoms with E-state index in [1.807, 2.05) is 0 Å². The van der Waals surface area contributed by atoms with Crippen molar-refractivity contribution in [2.45, 2.75) is 31.7 Å². The molecule has 16 heavy (non-hydrogen) atoms. The Morgan fingerprint density at radius 3 is 2.94 bits per heavy atom. The number of hydrogen-bond donors (Lipinski definition) is 1. The summed E-state index contributed by atoms with van der Waals surface area (Å²) in [6, 6.07) is 0.148. The Labute approximate surface area is 99.8 Å². The van der Waals surface area contributed by atoms with Crippen LogP contribution in [0.1, 0.15) is 36.2 Å². The first kappa shape index (κ1) is 11.6. The number of rotatable bonds is 2. The molecule has 88 valence electrons. The Kier molecular flexibility index (Phi) is 3.30. The Morgan fingerprint density at radius 1 is 1.62 bits per heavy atom. The second-order valence-electron chi connectivity index (χ2n) is 4.45. The van der Waals surface area contributed by atoms with Crippen LogP contribution in [0.2, 0.25) is 5.02 Å². The topological polar surface area (TPSA) is 60.9 Å². The lowest BCUT2D eigenvalue weighted by atomic mass is 9.82. The van der Waals surface area contributed by atoms with Crippen LogP contribution in [-0.4, -0.2) is 21.6 Å². The zero-order valence-corrected chi connectivity index (χ0v) is 10.1. The quantitative estimate of drug-likeness (QED) is 0.803. The zero-order chi connectivity index (χ0) is 11.7. The van der Waals surface area contributed by atoms with Crippen molar-refractivity contribution in [2.24, 2.45) is 18.7 Å². The van der Waals surface area contributed by atoms with Crippen molar-refractivity contribution < 1.29 is 4.79 Å². The lowest BCUT2D eigenvalue weighted by molar-refractivity contribution is 0.0872. The Bertz CT molecular complexity index is 382. The van der Waals surface area contributed by atoms with Crippen LogP contribution in [0.15, 0.2) is 6.20 Å². The highest BCUT2D eigenvalue weighted by atomic mass is 35.5. The second kappa shape index (κ2) is 4.55. The van der Waals surface area contributed by atoms with E-state index in [1.165, 1.54) is 6.20 Å². The smallest absolute Gasteiger partial charge is 0.185 e. The minimum absolute atomic E-state index is 0.0108. The molecule has 0 spiro atoms. The van der Waals surface area contributed by atoms with Gasteiger partial charge in [-0.2, -0.15) is 5.10 Å². The molecule has 4 nitrogen and oxygen atoms in total. The fraction of sp³-hybridized carbons (Fsp3) is 0.636. The van der Waals surface area contributed by atoms with Gasteiger partial charge in [-0.15, -0.1) is 0 Å². The van der Waals surface area contributed by atoms with E-state index in [1.54, 1.807) is 11.7 Å². The summed E-state index contributed by atoms with van der Waals surface area (Å²) < 4.78 is 1.55. The van der Waals surface area contributed by atoms with Crippen molar-refractivity contribution >= 4 is 17.4 Å². The van der Waals surface area contributed by atoms with Gasteiger partial charge in [0.1, 0.15) is 5.69 Å². The van der Waals surface area contributed by atoms with Crippen LogP contribution in [0.5, 0.6) is 0 Å². The molecule has 2 atom stereocenters. The van der Waals surface area contributed by atoms with Crippen molar-refractivity contribution in [2.75, 3.05) is 0 Å². The van der Waals surface area contributed by atoms with E-state index < -0.39 is 0 Å². The van der Waals surface area contributed by atoms with Crippen molar-refractivity contribution in [3.63, 3.8) is 0 Å². The summed E-state index contributed by atoms with van der Waals surface area (Å²) in [6.07, 6.45) is 5.22. The Balaban J connectivity index is 2.18. The highest BCUT2D eigenvalue weighted by Gasteiger charge is 2.29. The standard InChI is InChI=1S/C11H16ClN3O/c1-15-10(9(12)6-14-15)11(16)7-3-2-4-8(13)5-7/h6-8H,2-5,13H2,1H3. The lowest BCUT2D eigenvalue weighted by Gasteiger charge is -2.25. The number of nitrogens with zero attached hydrogens (tertiary/aromatic N) is 2.